The van der Waals surface area contributed by atoms with E-state index in [-0.39, 0.29) is 5.41 Å². The molecule has 1 saturated carbocycles. The summed E-state index contributed by atoms with van der Waals surface area (Å²) in [4.78, 5) is 4.43. The Morgan fingerprint density at radius 1 is 1.10 bits per heavy atom. The first-order valence-electron chi connectivity index (χ1n) is 10.6. The Hall–Kier alpha value is -2.87. The van der Waals surface area contributed by atoms with Gasteiger partial charge in [0.05, 0.1) is 0 Å². The Labute approximate surface area is 175 Å². The molecule has 1 N–H and O–H groups in total. The Morgan fingerprint density at radius 2 is 1.86 bits per heavy atom. The van der Waals surface area contributed by atoms with E-state index in [1.54, 1.807) is 6.21 Å². The minimum atomic E-state index is 0.0365. The van der Waals surface area contributed by atoms with Crippen LogP contribution in [0.15, 0.2) is 90.3 Å². The molecule has 0 saturated heterocycles. The van der Waals surface area contributed by atoms with Crippen molar-refractivity contribution in [2.45, 2.75) is 51.4 Å². The summed E-state index contributed by atoms with van der Waals surface area (Å²) in [6, 6.07) is 19.3. The van der Waals surface area contributed by atoms with E-state index < -0.39 is 0 Å². The van der Waals surface area contributed by atoms with Crippen LogP contribution in [0.4, 0.5) is 0 Å². The summed E-state index contributed by atoms with van der Waals surface area (Å²) in [5.74, 6) is 0. The standard InChI is InChI=1S/C27H32N2/c1-5-6-11-24-12-10-15-26(18-24)27(16-17-27)23(4)29-22(3)20-28-19-21(2)25-13-8-7-9-14-25/h7-10,12-15,18-20,29H,3-6,11,16-17H2,1-2H3/b21-19+,28-20-. The van der Waals surface area contributed by atoms with Crippen LogP contribution in [0.25, 0.3) is 5.57 Å². The quantitative estimate of drug-likeness (QED) is 0.447. The van der Waals surface area contributed by atoms with Gasteiger partial charge in [-0.15, -0.1) is 0 Å². The van der Waals surface area contributed by atoms with Crippen molar-refractivity contribution in [1.29, 1.82) is 0 Å². The van der Waals surface area contributed by atoms with E-state index in [2.05, 4.69) is 73.7 Å². The van der Waals surface area contributed by atoms with Crippen LogP contribution in [-0.2, 0) is 11.8 Å². The summed E-state index contributed by atoms with van der Waals surface area (Å²) in [5.41, 5.74) is 6.90. The fourth-order valence-electron chi connectivity index (χ4n) is 3.66. The molecule has 0 aliphatic heterocycles. The van der Waals surface area contributed by atoms with Crippen molar-refractivity contribution in [3.63, 3.8) is 0 Å². The monoisotopic (exact) mass is 384 g/mol. The highest BCUT2D eigenvalue weighted by Crippen LogP contribution is 2.52. The van der Waals surface area contributed by atoms with E-state index >= 15 is 0 Å². The van der Waals surface area contributed by atoms with Gasteiger partial charge in [0, 0.05) is 29.2 Å². The van der Waals surface area contributed by atoms with Gasteiger partial charge in [-0.25, -0.2) is 0 Å². The van der Waals surface area contributed by atoms with Gasteiger partial charge in [-0.3, -0.25) is 4.99 Å². The molecule has 0 heterocycles. The number of nitrogens with zero attached hydrogens (tertiary/aromatic N) is 1. The van der Waals surface area contributed by atoms with E-state index in [1.165, 1.54) is 29.5 Å². The maximum absolute atomic E-state index is 4.43. The lowest BCUT2D eigenvalue weighted by atomic mass is 9.90. The van der Waals surface area contributed by atoms with E-state index in [0.29, 0.717) is 0 Å². The largest absolute Gasteiger partial charge is 0.358 e. The van der Waals surface area contributed by atoms with Crippen LogP contribution < -0.4 is 5.32 Å². The number of aliphatic imine (C=N–C) groups is 1. The number of rotatable bonds is 10. The van der Waals surface area contributed by atoms with Gasteiger partial charge in [-0.2, -0.15) is 0 Å². The predicted octanol–water partition coefficient (Wildman–Crippen LogP) is 6.81. The van der Waals surface area contributed by atoms with Crippen LogP contribution in [0.2, 0.25) is 0 Å². The predicted molar refractivity (Wildman–Crippen MR) is 126 cm³/mol. The molecule has 3 rings (SSSR count). The van der Waals surface area contributed by atoms with Crippen LogP contribution in [0, 0.1) is 0 Å². The second kappa shape index (κ2) is 9.56. The zero-order valence-electron chi connectivity index (χ0n) is 17.7. The average Bonchev–Trinajstić information content (AvgIpc) is 3.55. The molecule has 0 bridgehead atoms. The summed E-state index contributed by atoms with van der Waals surface area (Å²) < 4.78 is 0. The Kier molecular flexibility index (Phi) is 6.87. The summed E-state index contributed by atoms with van der Waals surface area (Å²) in [6.45, 7) is 12.7. The molecule has 0 radical (unpaired) electrons. The molecule has 29 heavy (non-hydrogen) atoms. The lowest BCUT2D eigenvalue weighted by Gasteiger charge is -2.21. The molecular formula is C27H32N2. The summed E-state index contributed by atoms with van der Waals surface area (Å²) in [7, 11) is 0. The number of benzene rings is 2. The summed E-state index contributed by atoms with van der Waals surface area (Å²) in [6.07, 6.45) is 9.51. The van der Waals surface area contributed by atoms with Gasteiger partial charge in [-0.1, -0.05) is 81.1 Å². The van der Waals surface area contributed by atoms with Crippen molar-refractivity contribution in [1.82, 2.24) is 5.32 Å². The molecular weight excluding hydrogens is 352 g/mol. The first-order valence-corrected chi connectivity index (χ1v) is 10.6. The Bertz CT molecular complexity index is 915. The second-order valence-corrected chi connectivity index (χ2v) is 7.97. The number of hydrogen-bond acceptors (Lipinski definition) is 2. The molecule has 2 aromatic rings. The number of unbranched alkanes of at least 4 members (excludes halogenated alkanes) is 1. The van der Waals surface area contributed by atoms with Gasteiger partial charge in [0.25, 0.3) is 0 Å². The fraction of sp³-hybridized carbons (Fsp3) is 0.296. The Balaban J connectivity index is 1.61. The minimum absolute atomic E-state index is 0.0365. The highest BCUT2D eigenvalue weighted by molar-refractivity contribution is 5.79. The smallest absolute Gasteiger partial charge is 0.0497 e. The number of allylic oxidation sites excluding steroid dienone is 3. The van der Waals surface area contributed by atoms with E-state index in [9.17, 15) is 0 Å². The number of nitrogens with one attached hydrogen (secondary N) is 1. The van der Waals surface area contributed by atoms with Crippen molar-refractivity contribution < 1.29 is 0 Å². The van der Waals surface area contributed by atoms with Crippen molar-refractivity contribution in [3.05, 3.63) is 102 Å². The molecule has 1 aliphatic carbocycles. The molecule has 150 valence electrons. The van der Waals surface area contributed by atoms with Gasteiger partial charge < -0.3 is 5.32 Å². The van der Waals surface area contributed by atoms with Gasteiger partial charge in [0.2, 0.25) is 0 Å². The highest BCUT2D eigenvalue weighted by Gasteiger charge is 2.47. The highest BCUT2D eigenvalue weighted by atomic mass is 14.9. The normalized spacial score (nSPS) is 15.3. The molecule has 2 nitrogen and oxygen atoms in total. The van der Waals surface area contributed by atoms with Gasteiger partial charge in [0.15, 0.2) is 0 Å². The fourth-order valence-corrected chi connectivity index (χ4v) is 3.66. The maximum atomic E-state index is 4.43. The zero-order chi connectivity index (χ0) is 20.7. The third-order valence-corrected chi connectivity index (χ3v) is 5.67. The lowest BCUT2D eigenvalue weighted by Crippen LogP contribution is -2.23. The molecule has 0 aromatic heterocycles. The van der Waals surface area contributed by atoms with E-state index in [0.717, 1.165) is 36.2 Å². The maximum Gasteiger partial charge on any atom is 0.0497 e. The molecule has 0 unspecified atom stereocenters. The number of aryl methyl sites for hydroxylation is 1. The summed E-state index contributed by atoms with van der Waals surface area (Å²) >= 11 is 0. The van der Waals surface area contributed by atoms with Crippen LogP contribution in [0.1, 0.15) is 56.2 Å². The van der Waals surface area contributed by atoms with Gasteiger partial charge in [-0.05, 0) is 54.9 Å². The molecule has 1 fully saturated rings. The Morgan fingerprint density at radius 3 is 2.55 bits per heavy atom. The molecule has 0 spiro atoms. The third-order valence-electron chi connectivity index (χ3n) is 5.67. The van der Waals surface area contributed by atoms with Crippen LogP contribution >= 0.6 is 0 Å². The van der Waals surface area contributed by atoms with Crippen LogP contribution in [-0.4, -0.2) is 6.21 Å². The SMILES string of the molecule is C=C(/C=N\C=C(/C)c1ccccc1)NC(=C)C1(c2cccc(CCCC)c2)CC1. The second-order valence-electron chi connectivity index (χ2n) is 7.97. The number of hydrogen-bond donors (Lipinski definition) is 1. The average molecular weight is 385 g/mol. The lowest BCUT2D eigenvalue weighted by molar-refractivity contribution is 0.746. The van der Waals surface area contributed by atoms with E-state index in [4.69, 9.17) is 0 Å². The minimum Gasteiger partial charge on any atom is -0.358 e. The first kappa shape index (κ1) is 20.9. The van der Waals surface area contributed by atoms with Crippen LogP contribution in [0.5, 0.6) is 0 Å². The summed E-state index contributed by atoms with van der Waals surface area (Å²) in [5, 5.41) is 3.39. The molecule has 2 heteroatoms. The van der Waals surface area contributed by atoms with Gasteiger partial charge in [0.1, 0.15) is 0 Å². The third kappa shape index (κ3) is 5.35. The van der Waals surface area contributed by atoms with Crippen molar-refractivity contribution >= 4 is 11.8 Å². The first-order chi connectivity index (χ1) is 14.0. The molecule has 0 amide bonds. The van der Waals surface area contributed by atoms with Crippen molar-refractivity contribution in [3.8, 4) is 0 Å². The zero-order valence-corrected chi connectivity index (χ0v) is 17.7. The van der Waals surface area contributed by atoms with E-state index in [1.807, 2.05) is 24.4 Å². The van der Waals surface area contributed by atoms with Crippen molar-refractivity contribution in [2.24, 2.45) is 4.99 Å². The topological polar surface area (TPSA) is 24.4 Å². The molecule has 1 aliphatic rings. The van der Waals surface area contributed by atoms with Gasteiger partial charge >= 0.3 is 0 Å². The van der Waals surface area contributed by atoms with Crippen molar-refractivity contribution in [2.75, 3.05) is 0 Å². The molecule has 0 atom stereocenters. The molecule has 2 aromatic carbocycles. The van der Waals surface area contributed by atoms with Crippen LogP contribution in [0.3, 0.4) is 0 Å².